The summed E-state index contributed by atoms with van der Waals surface area (Å²) >= 11 is 0. The first kappa shape index (κ1) is 11.7. The van der Waals surface area contributed by atoms with Crippen LogP contribution in [0.15, 0.2) is 25.5 Å². The number of nitrogens with one attached hydrogen (secondary N) is 1. The minimum Gasteiger partial charge on any atom is -0.432 e. The van der Waals surface area contributed by atoms with Crippen LogP contribution in [0.1, 0.15) is 0 Å². The molecule has 0 saturated heterocycles. The first-order valence-corrected chi connectivity index (χ1v) is 2.75. The first-order chi connectivity index (χ1) is 4.72. The van der Waals surface area contributed by atoms with Gasteiger partial charge in [-0.3, -0.25) is 0 Å². The molecule has 0 aliphatic carbocycles. The van der Waals surface area contributed by atoms with Crippen molar-refractivity contribution < 1.29 is 9.53 Å². The Morgan fingerprint density at radius 2 is 1.90 bits per heavy atom. The molecular formula is C7H13NO2. The van der Waals surface area contributed by atoms with Gasteiger partial charge in [0.1, 0.15) is 0 Å². The molecule has 10 heavy (non-hydrogen) atoms. The van der Waals surface area contributed by atoms with Gasteiger partial charge in [-0.15, -0.1) is 0 Å². The zero-order chi connectivity index (χ0) is 8.41. The highest BCUT2D eigenvalue weighted by Gasteiger charge is 1.84. The molecule has 0 saturated carbocycles. The van der Waals surface area contributed by atoms with Gasteiger partial charge in [-0.25, -0.2) is 4.79 Å². The number of rotatable bonds is 2. The van der Waals surface area contributed by atoms with E-state index in [1.54, 1.807) is 0 Å². The summed E-state index contributed by atoms with van der Waals surface area (Å²) in [6.45, 7) is 6.31. The summed E-state index contributed by atoms with van der Waals surface area (Å²) in [5.41, 5.74) is 0. The van der Waals surface area contributed by atoms with Gasteiger partial charge in [0.2, 0.25) is 0 Å². The average Bonchev–Trinajstić information content (AvgIpc) is 1.90. The van der Waals surface area contributed by atoms with E-state index in [4.69, 9.17) is 0 Å². The highest BCUT2D eigenvalue weighted by Crippen LogP contribution is 1.75. The van der Waals surface area contributed by atoms with Gasteiger partial charge in [-0.1, -0.05) is 13.2 Å². The van der Waals surface area contributed by atoms with Crippen LogP contribution in [0.25, 0.3) is 0 Å². The molecule has 0 aliphatic rings. The Hall–Kier alpha value is -1.09. The number of hydrogen-bond acceptors (Lipinski definition) is 3. The third kappa shape index (κ3) is 15.8. The fraction of sp³-hybridized carbons (Fsp3) is 0.286. The molecule has 1 N–H and O–H groups in total. The molecule has 0 spiro atoms. The van der Waals surface area contributed by atoms with E-state index in [9.17, 15) is 4.79 Å². The maximum atomic E-state index is 10.0. The third-order valence-electron chi connectivity index (χ3n) is 0.366. The molecule has 0 amide bonds. The molecule has 3 nitrogen and oxygen atoms in total. The molecule has 0 atom stereocenters. The van der Waals surface area contributed by atoms with Crippen LogP contribution in [0.2, 0.25) is 0 Å². The third-order valence-corrected chi connectivity index (χ3v) is 0.366. The lowest BCUT2D eigenvalue weighted by Crippen LogP contribution is -1.90. The second-order valence-corrected chi connectivity index (χ2v) is 1.31. The summed E-state index contributed by atoms with van der Waals surface area (Å²) in [7, 11) is 3.75. The van der Waals surface area contributed by atoms with E-state index in [1.807, 2.05) is 14.1 Å². The van der Waals surface area contributed by atoms with E-state index < -0.39 is 5.97 Å². The predicted molar refractivity (Wildman–Crippen MR) is 41.5 cm³/mol. The average molecular weight is 143 g/mol. The lowest BCUT2D eigenvalue weighted by atomic mass is 10.7. The fourth-order valence-electron chi connectivity index (χ4n) is 0.130. The summed E-state index contributed by atoms with van der Waals surface area (Å²) < 4.78 is 4.20. The van der Waals surface area contributed by atoms with E-state index in [0.717, 1.165) is 12.3 Å². The molecule has 0 rings (SSSR count). The molecule has 3 heteroatoms. The molecule has 0 aromatic rings. The van der Waals surface area contributed by atoms with Crippen molar-refractivity contribution in [2.45, 2.75) is 0 Å². The van der Waals surface area contributed by atoms with Crippen molar-refractivity contribution >= 4 is 5.97 Å². The van der Waals surface area contributed by atoms with Gasteiger partial charge in [0.25, 0.3) is 0 Å². The number of carbonyl (C=O) groups is 1. The van der Waals surface area contributed by atoms with Crippen LogP contribution in [-0.2, 0) is 9.53 Å². The van der Waals surface area contributed by atoms with Crippen molar-refractivity contribution in [1.82, 2.24) is 5.32 Å². The number of carbonyl (C=O) groups excluding carboxylic acids is 1. The SMILES string of the molecule is C=COC(=O)C=C.CNC. The Morgan fingerprint density at radius 3 is 2.00 bits per heavy atom. The van der Waals surface area contributed by atoms with Crippen molar-refractivity contribution in [2.24, 2.45) is 0 Å². The van der Waals surface area contributed by atoms with Crippen LogP contribution in [0.4, 0.5) is 0 Å². The van der Waals surface area contributed by atoms with Gasteiger partial charge in [-0.2, -0.15) is 0 Å². The molecule has 0 unspecified atom stereocenters. The monoisotopic (exact) mass is 143 g/mol. The second kappa shape index (κ2) is 10.8. The Balaban J connectivity index is 0. The quantitative estimate of drug-likeness (QED) is 0.351. The van der Waals surface area contributed by atoms with Crippen LogP contribution in [0.5, 0.6) is 0 Å². The van der Waals surface area contributed by atoms with Gasteiger partial charge in [0.15, 0.2) is 0 Å². The van der Waals surface area contributed by atoms with Crippen molar-refractivity contribution in [3.63, 3.8) is 0 Å². The predicted octanol–water partition coefficient (Wildman–Crippen LogP) is 0.695. The van der Waals surface area contributed by atoms with E-state index in [2.05, 4.69) is 23.2 Å². The smallest absolute Gasteiger partial charge is 0.334 e. The summed E-state index contributed by atoms with van der Waals surface area (Å²) in [5.74, 6) is -0.477. The van der Waals surface area contributed by atoms with E-state index in [-0.39, 0.29) is 0 Å². The minimum absolute atomic E-state index is 0.477. The summed E-state index contributed by atoms with van der Waals surface area (Å²) in [5, 5.41) is 2.75. The van der Waals surface area contributed by atoms with Crippen LogP contribution >= 0.6 is 0 Å². The highest BCUT2D eigenvalue weighted by molar-refractivity contribution is 5.81. The zero-order valence-corrected chi connectivity index (χ0v) is 6.39. The Labute approximate surface area is 61.4 Å². The number of hydrogen-bond donors (Lipinski definition) is 1. The molecule has 0 aliphatic heterocycles. The van der Waals surface area contributed by atoms with Crippen molar-refractivity contribution in [3.05, 3.63) is 25.5 Å². The highest BCUT2D eigenvalue weighted by atomic mass is 16.5. The number of ether oxygens (including phenoxy) is 1. The summed E-state index contributed by atoms with van der Waals surface area (Å²) in [6.07, 6.45) is 2.13. The van der Waals surface area contributed by atoms with E-state index in [0.29, 0.717) is 0 Å². The minimum atomic E-state index is -0.477. The topological polar surface area (TPSA) is 38.3 Å². The molecule has 0 heterocycles. The lowest BCUT2D eigenvalue weighted by Gasteiger charge is -1.85. The Kier molecular flexibility index (Phi) is 12.6. The molecule has 0 radical (unpaired) electrons. The Bertz CT molecular complexity index is 110. The van der Waals surface area contributed by atoms with Gasteiger partial charge in [-0.05, 0) is 14.1 Å². The maximum absolute atomic E-state index is 10.0. The van der Waals surface area contributed by atoms with Crippen molar-refractivity contribution in [2.75, 3.05) is 14.1 Å². The van der Waals surface area contributed by atoms with E-state index >= 15 is 0 Å². The van der Waals surface area contributed by atoms with Crippen LogP contribution < -0.4 is 5.32 Å². The molecule has 0 aromatic heterocycles. The summed E-state index contributed by atoms with van der Waals surface area (Å²) in [4.78, 5) is 10.0. The molecular weight excluding hydrogens is 130 g/mol. The summed E-state index contributed by atoms with van der Waals surface area (Å²) in [6, 6.07) is 0. The first-order valence-electron chi connectivity index (χ1n) is 2.75. The fourth-order valence-corrected chi connectivity index (χ4v) is 0.130. The molecule has 58 valence electrons. The zero-order valence-electron chi connectivity index (χ0n) is 6.39. The van der Waals surface area contributed by atoms with E-state index in [1.165, 1.54) is 0 Å². The van der Waals surface area contributed by atoms with Crippen LogP contribution in [-0.4, -0.2) is 20.1 Å². The molecule has 0 bridgehead atoms. The molecule has 0 aromatic carbocycles. The van der Waals surface area contributed by atoms with Crippen LogP contribution in [0.3, 0.4) is 0 Å². The lowest BCUT2D eigenvalue weighted by molar-refractivity contribution is -0.132. The Morgan fingerprint density at radius 1 is 1.50 bits per heavy atom. The van der Waals surface area contributed by atoms with Crippen molar-refractivity contribution in [3.8, 4) is 0 Å². The van der Waals surface area contributed by atoms with Crippen molar-refractivity contribution in [1.29, 1.82) is 0 Å². The van der Waals surface area contributed by atoms with Crippen LogP contribution in [0, 0.1) is 0 Å². The second-order valence-electron chi connectivity index (χ2n) is 1.31. The maximum Gasteiger partial charge on any atom is 0.334 e. The largest absolute Gasteiger partial charge is 0.432 e. The number of esters is 1. The van der Waals surface area contributed by atoms with Gasteiger partial charge < -0.3 is 10.1 Å². The standard InChI is InChI=1S/C5H6O2.C2H7N/c1-3-5(6)7-4-2;1-3-2/h3-4H,1-2H2;3H,1-2H3. The molecule has 0 fully saturated rings. The normalized spacial score (nSPS) is 6.60. The van der Waals surface area contributed by atoms with Gasteiger partial charge in [0.05, 0.1) is 6.26 Å². The van der Waals surface area contributed by atoms with Gasteiger partial charge >= 0.3 is 5.97 Å². The van der Waals surface area contributed by atoms with Gasteiger partial charge in [0, 0.05) is 6.08 Å².